The van der Waals surface area contributed by atoms with Gasteiger partial charge in [0, 0.05) is 77.2 Å². The summed E-state index contributed by atoms with van der Waals surface area (Å²) in [5, 5.41) is 7.55. The molecule has 0 aliphatic heterocycles. The Morgan fingerprint density at radius 3 is 1.43 bits per heavy atom. The lowest BCUT2D eigenvalue weighted by Gasteiger charge is -2.14. The maximum absolute atomic E-state index is 5.46. The van der Waals surface area contributed by atoms with Crippen molar-refractivity contribution in [1.29, 1.82) is 0 Å². The molecule has 0 aliphatic rings. The van der Waals surface area contributed by atoms with E-state index in [0.29, 0.717) is 17.5 Å². The number of hydrogen-bond donors (Lipinski definition) is 0. The molecular formula is C57H33N3S3. The molecule has 6 heteroatoms. The molecule has 0 spiro atoms. The summed E-state index contributed by atoms with van der Waals surface area (Å²) in [6.07, 6.45) is 0. The predicted molar refractivity (Wildman–Crippen MR) is 271 cm³/mol. The Bertz CT molecular complexity index is 3930. The van der Waals surface area contributed by atoms with E-state index in [9.17, 15) is 0 Å². The van der Waals surface area contributed by atoms with Crippen molar-refractivity contribution in [1.82, 2.24) is 15.0 Å². The first kappa shape index (κ1) is 36.3. The summed E-state index contributed by atoms with van der Waals surface area (Å²) in [7, 11) is 0. The van der Waals surface area contributed by atoms with Gasteiger partial charge in [-0.2, -0.15) is 0 Å². The lowest BCUT2D eigenvalue weighted by molar-refractivity contribution is 1.08. The maximum atomic E-state index is 5.46. The van der Waals surface area contributed by atoms with E-state index in [1.54, 1.807) is 11.3 Å². The van der Waals surface area contributed by atoms with Crippen LogP contribution in [0.3, 0.4) is 0 Å². The van der Waals surface area contributed by atoms with Crippen LogP contribution in [-0.4, -0.2) is 15.0 Å². The second-order valence-corrected chi connectivity index (χ2v) is 19.1. The Labute approximate surface area is 374 Å². The van der Waals surface area contributed by atoms with Gasteiger partial charge in [0.05, 0.1) is 0 Å². The molecule has 13 aromatic rings. The van der Waals surface area contributed by atoms with Crippen molar-refractivity contribution in [3.63, 3.8) is 0 Å². The Kier molecular flexibility index (Phi) is 8.44. The lowest BCUT2D eigenvalue weighted by atomic mass is 9.94. The molecule has 0 unspecified atom stereocenters. The van der Waals surface area contributed by atoms with Crippen molar-refractivity contribution >= 4 is 94.5 Å². The molecule has 9 aromatic carbocycles. The van der Waals surface area contributed by atoms with E-state index in [2.05, 4.69) is 200 Å². The smallest absolute Gasteiger partial charge is 0.165 e. The summed E-state index contributed by atoms with van der Waals surface area (Å²) in [4.78, 5) is 16.3. The SMILES string of the molecule is c1ccc(-c2ccccc2-c2nc(-c3cc(-c4ccc5sc6ccccc6c5c4)cc(-c4cccc5c4sc4ccccc45)c3)nc(-c3cccc4c3sc3ccccc34)n2)cc1. The first-order chi connectivity index (χ1) is 31.2. The summed E-state index contributed by atoms with van der Waals surface area (Å²) < 4.78 is 7.54. The van der Waals surface area contributed by atoms with Crippen LogP contribution in [0.5, 0.6) is 0 Å². The number of nitrogens with zero attached hydrogens (tertiary/aromatic N) is 3. The van der Waals surface area contributed by atoms with Crippen molar-refractivity contribution < 1.29 is 0 Å². The van der Waals surface area contributed by atoms with Crippen LogP contribution in [0.25, 0.3) is 128 Å². The molecule has 3 nitrogen and oxygen atoms in total. The van der Waals surface area contributed by atoms with E-state index < -0.39 is 0 Å². The highest BCUT2D eigenvalue weighted by Gasteiger charge is 2.21. The van der Waals surface area contributed by atoms with E-state index in [1.165, 1.54) is 66.1 Å². The minimum absolute atomic E-state index is 0.629. The third kappa shape index (κ3) is 6.10. The molecule has 63 heavy (non-hydrogen) atoms. The van der Waals surface area contributed by atoms with Crippen LogP contribution in [0, 0.1) is 0 Å². The first-order valence-corrected chi connectivity index (χ1v) is 23.4. The topological polar surface area (TPSA) is 38.7 Å². The standard InChI is InChI=1S/C57H33N3S3/c1-2-14-34(15-3-1)39-16-4-5-20-46(39)56-58-55(59-57(60-56)47-24-13-23-45-42-18-7-11-27-51(42)63-54(45)47)38-31-36(35-28-29-52-48(33-35)43-19-8-9-25-49(43)61-52)30-37(32-38)40-21-12-22-44-41-17-6-10-26-50(41)62-53(40)44/h1-33H. The lowest BCUT2D eigenvalue weighted by Crippen LogP contribution is -2.01. The summed E-state index contributed by atoms with van der Waals surface area (Å²) in [5.41, 5.74) is 9.64. The summed E-state index contributed by atoms with van der Waals surface area (Å²) >= 11 is 5.49. The molecule has 0 fully saturated rings. The molecule has 0 amide bonds. The fourth-order valence-electron chi connectivity index (χ4n) is 9.18. The third-order valence-corrected chi connectivity index (χ3v) is 15.7. The number of aromatic nitrogens is 3. The highest BCUT2D eigenvalue weighted by molar-refractivity contribution is 7.27. The number of benzene rings is 9. The van der Waals surface area contributed by atoms with Crippen LogP contribution in [-0.2, 0) is 0 Å². The van der Waals surface area contributed by atoms with Crippen molar-refractivity contribution in [2.75, 3.05) is 0 Å². The molecule has 0 N–H and O–H groups in total. The molecule has 0 bridgehead atoms. The molecule has 294 valence electrons. The van der Waals surface area contributed by atoms with Crippen molar-refractivity contribution in [3.05, 3.63) is 200 Å². The van der Waals surface area contributed by atoms with Gasteiger partial charge in [0.1, 0.15) is 0 Å². The van der Waals surface area contributed by atoms with E-state index in [0.717, 1.165) is 44.5 Å². The fourth-order valence-corrected chi connectivity index (χ4v) is 12.7. The van der Waals surface area contributed by atoms with Crippen molar-refractivity contribution in [3.8, 4) is 67.5 Å². The van der Waals surface area contributed by atoms with Gasteiger partial charge in [-0.1, -0.05) is 146 Å². The summed E-state index contributed by atoms with van der Waals surface area (Å²) in [5.74, 6) is 1.92. The predicted octanol–water partition coefficient (Wildman–Crippen LogP) is 17.0. The van der Waals surface area contributed by atoms with Crippen LogP contribution in [0.1, 0.15) is 0 Å². The van der Waals surface area contributed by atoms with Gasteiger partial charge in [0.2, 0.25) is 0 Å². The largest absolute Gasteiger partial charge is 0.208 e. The quantitative estimate of drug-likeness (QED) is 0.167. The zero-order chi connectivity index (χ0) is 41.4. The van der Waals surface area contributed by atoms with Gasteiger partial charge < -0.3 is 0 Å². The molecule has 0 radical (unpaired) electrons. The van der Waals surface area contributed by atoms with Crippen molar-refractivity contribution in [2.45, 2.75) is 0 Å². The van der Waals surface area contributed by atoms with Crippen LogP contribution >= 0.6 is 34.0 Å². The summed E-state index contributed by atoms with van der Waals surface area (Å²) in [6.45, 7) is 0. The number of rotatable bonds is 6. The van der Waals surface area contributed by atoms with Gasteiger partial charge in [-0.15, -0.1) is 34.0 Å². The van der Waals surface area contributed by atoms with Gasteiger partial charge in [0.15, 0.2) is 17.5 Å². The van der Waals surface area contributed by atoms with E-state index >= 15 is 0 Å². The number of fused-ring (bicyclic) bond motifs is 9. The van der Waals surface area contributed by atoms with Crippen LogP contribution < -0.4 is 0 Å². The average molecular weight is 856 g/mol. The maximum Gasteiger partial charge on any atom is 0.165 e. The molecule has 0 saturated carbocycles. The molecular weight excluding hydrogens is 823 g/mol. The van der Waals surface area contributed by atoms with E-state index in [4.69, 9.17) is 15.0 Å². The van der Waals surface area contributed by atoms with E-state index in [-0.39, 0.29) is 0 Å². The van der Waals surface area contributed by atoms with E-state index in [1.807, 2.05) is 22.7 Å². The molecule has 4 aromatic heterocycles. The second-order valence-electron chi connectivity index (χ2n) is 15.9. The minimum atomic E-state index is 0.629. The number of thiophene rings is 3. The zero-order valence-electron chi connectivity index (χ0n) is 33.6. The second kappa shape index (κ2) is 14.6. The molecule has 0 saturated heterocycles. The van der Waals surface area contributed by atoms with Gasteiger partial charge in [0.25, 0.3) is 0 Å². The third-order valence-electron chi connectivity index (χ3n) is 12.1. The monoisotopic (exact) mass is 855 g/mol. The van der Waals surface area contributed by atoms with Gasteiger partial charge in [-0.25, -0.2) is 15.0 Å². The first-order valence-electron chi connectivity index (χ1n) is 21.0. The van der Waals surface area contributed by atoms with Crippen LogP contribution in [0.2, 0.25) is 0 Å². The average Bonchev–Trinajstić information content (AvgIpc) is 4.05. The summed E-state index contributed by atoms with van der Waals surface area (Å²) in [6, 6.07) is 72.1. The Hall–Kier alpha value is -7.35. The number of hydrogen-bond acceptors (Lipinski definition) is 6. The molecule has 0 atom stereocenters. The highest BCUT2D eigenvalue weighted by atomic mass is 32.1. The highest BCUT2D eigenvalue weighted by Crippen LogP contribution is 2.44. The van der Waals surface area contributed by atoms with Crippen LogP contribution in [0.15, 0.2) is 200 Å². The van der Waals surface area contributed by atoms with Gasteiger partial charge in [-0.05, 0) is 88.0 Å². The normalized spacial score (nSPS) is 11.8. The van der Waals surface area contributed by atoms with Gasteiger partial charge in [-0.3, -0.25) is 0 Å². The molecule has 0 aliphatic carbocycles. The Morgan fingerprint density at radius 2 is 0.714 bits per heavy atom. The van der Waals surface area contributed by atoms with Crippen molar-refractivity contribution in [2.24, 2.45) is 0 Å². The minimum Gasteiger partial charge on any atom is -0.208 e. The molecule has 4 heterocycles. The Balaban J connectivity index is 1.09. The fraction of sp³-hybridized carbons (Fsp3) is 0. The Morgan fingerprint density at radius 1 is 0.238 bits per heavy atom. The molecule has 13 rings (SSSR count). The van der Waals surface area contributed by atoms with Gasteiger partial charge >= 0.3 is 0 Å². The van der Waals surface area contributed by atoms with Crippen LogP contribution in [0.4, 0.5) is 0 Å². The zero-order valence-corrected chi connectivity index (χ0v) is 36.1.